The minimum Gasteiger partial charge on any atom is -0.494 e. The summed E-state index contributed by atoms with van der Waals surface area (Å²) in [5, 5.41) is 21.1. The van der Waals surface area contributed by atoms with Crippen molar-refractivity contribution in [2.75, 3.05) is 20.7 Å². The van der Waals surface area contributed by atoms with Gasteiger partial charge in [0.2, 0.25) is 11.8 Å². The molecule has 1 aliphatic rings. The molecule has 1 saturated heterocycles. The monoisotopic (exact) mass is 416 g/mol. The summed E-state index contributed by atoms with van der Waals surface area (Å²) in [5.41, 5.74) is 0.460. The van der Waals surface area contributed by atoms with Crippen LogP contribution in [0.15, 0.2) is 24.5 Å². The zero-order valence-corrected chi connectivity index (χ0v) is 17.9. The maximum absolute atomic E-state index is 13.5. The molecule has 3 heterocycles. The van der Waals surface area contributed by atoms with Gasteiger partial charge in [-0.05, 0) is 17.5 Å². The molecule has 0 saturated carbocycles. The van der Waals surface area contributed by atoms with Crippen LogP contribution in [0.1, 0.15) is 33.2 Å². The van der Waals surface area contributed by atoms with Crippen LogP contribution in [0.25, 0.3) is 11.4 Å². The number of ether oxygens (including phenoxy) is 1. The molecule has 162 valence electrons. The van der Waals surface area contributed by atoms with Crippen molar-refractivity contribution in [3.8, 4) is 17.1 Å². The van der Waals surface area contributed by atoms with E-state index >= 15 is 0 Å². The van der Waals surface area contributed by atoms with Crippen LogP contribution >= 0.6 is 0 Å². The smallest absolute Gasteiger partial charge is 0.248 e. The highest BCUT2D eigenvalue weighted by Crippen LogP contribution is 2.35. The van der Waals surface area contributed by atoms with E-state index in [9.17, 15) is 14.7 Å². The number of hydrogen-bond donors (Lipinski definition) is 2. The van der Waals surface area contributed by atoms with Gasteiger partial charge in [0.25, 0.3) is 0 Å². The van der Waals surface area contributed by atoms with Gasteiger partial charge in [-0.2, -0.15) is 0 Å². The lowest BCUT2D eigenvalue weighted by atomic mass is 9.85. The highest BCUT2D eigenvalue weighted by atomic mass is 16.5. The minimum atomic E-state index is -0.749. The fourth-order valence-electron chi connectivity index (χ4n) is 3.77. The largest absolute Gasteiger partial charge is 0.494 e. The molecule has 30 heavy (non-hydrogen) atoms. The van der Waals surface area contributed by atoms with Gasteiger partial charge in [-0.3, -0.25) is 14.6 Å². The average molecular weight is 416 g/mol. The van der Waals surface area contributed by atoms with Gasteiger partial charge < -0.3 is 20.1 Å². The summed E-state index contributed by atoms with van der Waals surface area (Å²) >= 11 is 0. The number of rotatable bonds is 5. The Kier molecular flexibility index (Phi) is 6.06. The number of likely N-dealkylation sites (N-methyl/N-ethyl adjacent to an activating group) is 1. The number of pyridine rings is 1. The molecule has 2 amide bonds. The second kappa shape index (κ2) is 8.39. The van der Waals surface area contributed by atoms with Crippen molar-refractivity contribution in [3.05, 3.63) is 24.5 Å². The maximum atomic E-state index is 13.5. The second-order valence-corrected chi connectivity index (χ2v) is 8.42. The number of hydrogen-bond acceptors (Lipinski definition) is 7. The molecule has 0 aliphatic carbocycles. The molecule has 2 aromatic heterocycles. The molecular weight excluding hydrogens is 388 g/mol. The van der Waals surface area contributed by atoms with Crippen LogP contribution in [-0.4, -0.2) is 74.6 Å². The Morgan fingerprint density at radius 2 is 2.10 bits per heavy atom. The summed E-state index contributed by atoms with van der Waals surface area (Å²) in [6.07, 6.45) is 2.74. The molecule has 2 N–H and O–H groups in total. The zero-order chi connectivity index (χ0) is 22.1. The van der Waals surface area contributed by atoms with Crippen molar-refractivity contribution in [1.29, 1.82) is 0 Å². The quantitative estimate of drug-likeness (QED) is 0.733. The Bertz CT molecular complexity index is 922. The summed E-state index contributed by atoms with van der Waals surface area (Å²) in [6, 6.07) is 2.08. The first-order valence-corrected chi connectivity index (χ1v) is 9.78. The minimum absolute atomic E-state index is 0.0963. The van der Waals surface area contributed by atoms with Gasteiger partial charge in [0.15, 0.2) is 0 Å². The molecule has 10 heteroatoms. The Balaban J connectivity index is 1.97. The number of likely N-dealkylation sites (tertiary alicyclic amines) is 1. The first kappa shape index (κ1) is 21.7. The molecule has 3 rings (SSSR count). The third-order valence-electron chi connectivity index (χ3n) is 5.17. The molecule has 2 unspecified atom stereocenters. The van der Waals surface area contributed by atoms with Crippen molar-refractivity contribution in [1.82, 2.24) is 30.2 Å². The van der Waals surface area contributed by atoms with Crippen LogP contribution in [-0.2, 0) is 9.59 Å². The second-order valence-electron chi connectivity index (χ2n) is 8.42. The summed E-state index contributed by atoms with van der Waals surface area (Å²) in [7, 11) is 3.06. The van der Waals surface area contributed by atoms with Crippen LogP contribution in [0.5, 0.6) is 5.75 Å². The van der Waals surface area contributed by atoms with Gasteiger partial charge in [0, 0.05) is 26.2 Å². The van der Waals surface area contributed by atoms with E-state index in [-0.39, 0.29) is 24.8 Å². The number of nitrogens with zero attached hydrogens (tertiary/aromatic N) is 5. The van der Waals surface area contributed by atoms with Crippen LogP contribution < -0.4 is 10.1 Å². The maximum Gasteiger partial charge on any atom is 0.248 e. The lowest BCUT2D eigenvalue weighted by Crippen LogP contribution is -2.49. The summed E-state index contributed by atoms with van der Waals surface area (Å²) in [5.74, 6) is -0.0484. The van der Waals surface area contributed by atoms with Gasteiger partial charge in [-0.15, -0.1) is 5.10 Å². The van der Waals surface area contributed by atoms with Gasteiger partial charge in [-0.1, -0.05) is 26.0 Å². The Labute approximate surface area is 175 Å². The summed E-state index contributed by atoms with van der Waals surface area (Å²) in [6.45, 7) is 5.85. The van der Waals surface area contributed by atoms with E-state index in [2.05, 4.69) is 20.6 Å². The lowest BCUT2D eigenvalue weighted by Gasteiger charge is -2.34. The van der Waals surface area contributed by atoms with E-state index in [4.69, 9.17) is 4.74 Å². The Morgan fingerprint density at radius 1 is 1.37 bits per heavy atom. The van der Waals surface area contributed by atoms with Gasteiger partial charge in [0.1, 0.15) is 29.2 Å². The number of methoxy groups -OCH3 is 1. The molecule has 1 aliphatic heterocycles. The van der Waals surface area contributed by atoms with Crippen molar-refractivity contribution in [3.63, 3.8) is 0 Å². The third-order valence-corrected chi connectivity index (χ3v) is 5.17. The molecule has 0 aromatic carbocycles. The van der Waals surface area contributed by atoms with Crippen molar-refractivity contribution in [2.24, 2.45) is 5.41 Å². The number of aromatic nitrogens is 4. The highest BCUT2D eigenvalue weighted by Gasteiger charge is 2.45. The van der Waals surface area contributed by atoms with Gasteiger partial charge >= 0.3 is 0 Å². The number of carbonyl (C=O) groups excluding carboxylic acids is 2. The molecule has 0 bridgehead atoms. The number of aliphatic hydroxyl groups is 1. The van der Waals surface area contributed by atoms with Crippen LogP contribution in [0, 0.1) is 5.41 Å². The molecule has 1 fully saturated rings. The van der Waals surface area contributed by atoms with Gasteiger partial charge in [-0.25, -0.2) is 4.68 Å². The number of β-amino-alcohol motifs (C(OH)–C–C–N with tert-alkyl or cyclic N) is 1. The van der Waals surface area contributed by atoms with Gasteiger partial charge in [0.05, 0.1) is 19.4 Å². The Morgan fingerprint density at radius 3 is 2.73 bits per heavy atom. The van der Waals surface area contributed by atoms with E-state index in [1.165, 1.54) is 16.6 Å². The summed E-state index contributed by atoms with van der Waals surface area (Å²) in [4.78, 5) is 31.6. The highest BCUT2D eigenvalue weighted by molar-refractivity contribution is 5.90. The summed E-state index contributed by atoms with van der Waals surface area (Å²) < 4.78 is 6.84. The lowest BCUT2D eigenvalue weighted by molar-refractivity contribution is -0.144. The van der Waals surface area contributed by atoms with E-state index in [0.717, 1.165) is 0 Å². The first-order chi connectivity index (χ1) is 14.2. The van der Waals surface area contributed by atoms with Crippen molar-refractivity contribution < 1.29 is 19.4 Å². The molecular formula is C20H28N6O4. The van der Waals surface area contributed by atoms with E-state index < -0.39 is 23.6 Å². The fraction of sp³-hybridized carbons (Fsp3) is 0.550. The molecule has 0 radical (unpaired) electrons. The fourth-order valence-corrected chi connectivity index (χ4v) is 3.77. The number of carbonyl (C=O) groups is 2. The van der Waals surface area contributed by atoms with Crippen LogP contribution in [0.4, 0.5) is 0 Å². The zero-order valence-electron chi connectivity index (χ0n) is 17.9. The Hall–Kier alpha value is -3.01. The van der Waals surface area contributed by atoms with Crippen molar-refractivity contribution >= 4 is 11.8 Å². The number of nitrogens with one attached hydrogen (secondary N) is 1. The average Bonchev–Trinajstić information content (AvgIpc) is 3.33. The van der Waals surface area contributed by atoms with E-state index in [0.29, 0.717) is 17.1 Å². The normalized spacial score (nSPS) is 20.1. The van der Waals surface area contributed by atoms with E-state index in [1.807, 2.05) is 20.8 Å². The third kappa shape index (κ3) is 4.13. The SMILES string of the molecule is CNC(=O)[C@H]1CC(O)CN1C(=O)C(n1cc(-c2ncccc2OC)nn1)C(C)(C)C. The molecule has 0 spiro atoms. The molecule has 2 aromatic rings. The molecule has 3 atom stereocenters. The van der Waals surface area contributed by atoms with Crippen molar-refractivity contribution in [2.45, 2.75) is 45.4 Å². The number of aliphatic hydroxyl groups excluding tert-OH is 1. The topological polar surface area (TPSA) is 122 Å². The molecule has 10 nitrogen and oxygen atoms in total. The standard InChI is InChI=1S/C20H28N6O4/c1-20(2,3)17(19(29)25-10-12(27)9-14(25)18(28)21-4)26-11-13(23-24-26)16-15(30-5)7-6-8-22-16/h6-8,11-12,14,17,27H,9-10H2,1-5H3,(H,21,28)/t12?,14-,17?/m1/s1. The predicted octanol–water partition coefficient (Wildman–Crippen LogP) is 0.644. The predicted molar refractivity (Wildman–Crippen MR) is 108 cm³/mol. The van der Waals surface area contributed by atoms with Crippen LogP contribution in [0.2, 0.25) is 0 Å². The number of amides is 2. The van der Waals surface area contributed by atoms with E-state index in [1.54, 1.807) is 31.6 Å². The first-order valence-electron chi connectivity index (χ1n) is 9.78. The van der Waals surface area contributed by atoms with Crippen LogP contribution in [0.3, 0.4) is 0 Å².